The first-order valence-electron chi connectivity index (χ1n) is 7.89. The smallest absolute Gasteiger partial charge is 0.314 e. The Morgan fingerprint density at radius 1 is 0.952 bits per heavy atom. The molecule has 126 valence electrons. The summed E-state index contributed by atoms with van der Waals surface area (Å²) in [7, 11) is -5.31. The normalized spacial score (nSPS) is 15.1. The number of hydrogen-bond acceptors (Lipinski definition) is 3. The van der Waals surface area contributed by atoms with Crippen LogP contribution in [0.4, 0.5) is 0 Å². The van der Waals surface area contributed by atoms with E-state index < -0.39 is 25.2 Å². The lowest BCUT2D eigenvalue weighted by Crippen LogP contribution is -2.52. The Morgan fingerprint density at radius 2 is 1.38 bits per heavy atom. The summed E-state index contributed by atoms with van der Waals surface area (Å²) in [5, 5.41) is 0. The van der Waals surface area contributed by atoms with E-state index in [-0.39, 0.29) is 6.10 Å². The summed E-state index contributed by atoms with van der Waals surface area (Å²) in [6.07, 6.45) is 1.22. The van der Waals surface area contributed by atoms with Crippen molar-refractivity contribution >= 4 is 25.2 Å². The van der Waals surface area contributed by atoms with Crippen molar-refractivity contribution in [1.82, 2.24) is 0 Å². The molecule has 6 heteroatoms. The summed E-state index contributed by atoms with van der Waals surface area (Å²) < 4.78 is 18.8. The fraction of sp³-hybridized carbons (Fsp3) is 0.867. The van der Waals surface area contributed by atoms with Gasteiger partial charge in [0.15, 0.2) is 16.6 Å². The maximum absolute atomic E-state index is 6.49. The van der Waals surface area contributed by atoms with Crippen molar-refractivity contribution < 1.29 is 13.0 Å². The minimum absolute atomic E-state index is 0.226. The Balaban J connectivity index is 4.64. The molecule has 0 heterocycles. The lowest BCUT2D eigenvalue weighted by molar-refractivity contribution is 0.0795. The van der Waals surface area contributed by atoms with Crippen LogP contribution in [0.2, 0.25) is 51.9 Å². The molecule has 0 rings (SSSR count). The predicted octanol–water partition coefficient (Wildman–Crippen LogP) is 5.13. The molecule has 0 aliphatic rings. The van der Waals surface area contributed by atoms with Crippen molar-refractivity contribution in [2.24, 2.45) is 0 Å². The topological polar surface area (TPSA) is 27.7 Å². The largest absolute Gasteiger partial charge is 0.437 e. The van der Waals surface area contributed by atoms with E-state index in [1.165, 1.54) is 0 Å². The standard InChI is InChI=1S/C15H36O3Si3/c1-14(2)13-16-15(3)11-12-21(10,17-19(4,5)6)18-20(7,8)9/h15H,1,11-13H2,2-10H3. The van der Waals surface area contributed by atoms with Gasteiger partial charge in [0.05, 0.1) is 12.7 Å². The van der Waals surface area contributed by atoms with E-state index in [1.54, 1.807) is 0 Å². The first-order valence-corrected chi connectivity index (χ1v) is 17.2. The molecule has 0 bridgehead atoms. The van der Waals surface area contributed by atoms with E-state index in [1.807, 2.05) is 6.92 Å². The van der Waals surface area contributed by atoms with Crippen LogP contribution in [-0.2, 0) is 13.0 Å². The van der Waals surface area contributed by atoms with Crippen LogP contribution in [-0.4, -0.2) is 37.9 Å². The van der Waals surface area contributed by atoms with Crippen LogP contribution in [0.5, 0.6) is 0 Å². The minimum Gasteiger partial charge on any atom is -0.437 e. The van der Waals surface area contributed by atoms with Gasteiger partial charge in [0.1, 0.15) is 0 Å². The third kappa shape index (κ3) is 12.5. The third-order valence-electron chi connectivity index (χ3n) is 2.66. The highest BCUT2D eigenvalue weighted by Gasteiger charge is 2.40. The molecular formula is C15H36O3Si3. The van der Waals surface area contributed by atoms with Crippen LogP contribution in [0.1, 0.15) is 20.3 Å². The maximum atomic E-state index is 6.49. The highest BCUT2D eigenvalue weighted by atomic mass is 28.5. The Kier molecular flexibility index (Phi) is 8.32. The van der Waals surface area contributed by atoms with E-state index in [2.05, 4.69) is 59.3 Å². The van der Waals surface area contributed by atoms with Gasteiger partial charge in [-0.15, -0.1) is 0 Å². The molecule has 0 fully saturated rings. The molecule has 0 N–H and O–H groups in total. The lowest BCUT2D eigenvalue weighted by Gasteiger charge is -2.39. The van der Waals surface area contributed by atoms with E-state index in [0.717, 1.165) is 18.0 Å². The SMILES string of the molecule is C=C(C)COC(C)CC[Si](C)(O[Si](C)(C)C)O[Si](C)(C)C. The summed E-state index contributed by atoms with van der Waals surface area (Å²) in [6.45, 7) is 24.3. The molecule has 0 saturated carbocycles. The average Bonchev–Trinajstić information content (AvgIpc) is 2.18. The van der Waals surface area contributed by atoms with E-state index in [0.29, 0.717) is 6.61 Å². The Hall–Kier alpha value is 0.271. The summed E-state index contributed by atoms with van der Waals surface area (Å²) in [5.74, 6) is 0. The molecule has 3 nitrogen and oxygen atoms in total. The van der Waals surface area contributed by atoms with Crippen molar-refractivity contribution in [3.63, 3.8) is 0 Å². The van der Waals surface area contributed by atoms with Crippen LogP contribution in [0.25, 0.3) is 0 Å². The molecule has 0 spiro atoms. The molecule has 0 saturated heterocycles. The van der Waals surface area contributed by atoms with E-state index in [4.69, 9.17) is 13.0 Å². The van der Waals surface area contributed by atoms with Crippen molar-refractivity contribution in [2.45, 2.75) is 78.2 Å². The summed E-state index contributed by atoms with van der Waals surface area (Å²) >= 11 is 0. The van der Waals surface area contributed by atoms with Crippen molar-refractivity contribution in [1.29, 1.82) is 0 Å². The quantitative estimate of drug-likeness (QED) is 0.404. The second-order valence-electron chi connectivity index (χ2n) is 8.18. The molecule has 1 unspecified atom stereocenters. The number of rotatable bonds is 10. The second-order valence-corrected chi connectivity index (χ2v) is 21.0. The van der Waals surface area contributed by atoms with Crippen molar-refractivity contribution in [3.8, 4) is 0 Å². The van der Waals surface area contributed by atoms with Gasteiger partial charge in [-0.05, 0) is 72.1 Å². The van der Waals surface area contributed by atoms with Gasteiger partial charge in [-0.2, -0.15) is 0 Å². The first-order chi connectivity index (χ1) is 9.22. The zero-order chi connectivity index (χ0) is 16.9. The van der Waals surface area contributed by atoms with E-state index in [9.17, 15) is 0 Å². The summed E-state index contributed by atoms with van der Waals surface area (Å²) in [6, 6.07) is 0.999. The van der Waals surface area contributed by atoms with Gasteiger partial charge in [-0.1, -0.05) is 12.2 Å². The van der Waals surface area contributed by atoms with Crippen LogP contribution in [0, 0.1) is 0 Å². The lowest BCUT2D eigenvalue weighted by atomic mass is 10.3. The molecular weight excluding hydrogens is 312 g/mol. The van der Waals surface area contributed by atoms with Gasteiger partial charge in [-0.3, -0.25) is 0 Å². The van der Waals surface area contributed by atoms with Gasteiger partial charge < -0.3 is 13.0 Å². The fourth-order valence-electron chi connectivity index (χ4n) is 2.25. The highest BCUT2D eigenvalue weighted by Crippen LogP contribution is 2.26. The van der Waals surface area contributed by atoms with Gasteiger partial charge in [0.25, 0.3) is 0 Å². The van der Waals surface area contributed by atoms with Gasteiger partial charge in [0.2, 0.25) is 0 Å². The molecule has 0 aliphatic heterocycles. The van der Waals surface area contributed by atoms with Gasteiger partial charge in [-0.25, -0.2) is 0 Å². The number of ether oxygens (including phenoxy) is 1. The highest BCUT2D eigenvalue weighted by molar-refractivity contribution is 6.87. The first kappa shape index (κ1) is 21.3. The average molecular weight is 349 g/mol. The molecule has 0 aromatic heterocycles. The zero-order valence-corrected chi connectivity index (χ0v) is 18.6. The maximum Gasteiger partial charge on any atom is 0.314 e. The Labute approximate surface area is 135 Å². The summed E-state index contributed by atoms with van der Waals surface area (Å²) in [4.78, 5) is 0. The molecule has 0 aromatic rings. The predicted molar refractivity (Wildman–Crippen MR) is 100 cm³/mol. The van der Waals surface area contributed by atoms with Crippen LogP contribution in [0.15, 0.2) is 12.2 Å². The molecule has 0 amide bonds. The van der Waals surface area contributed by atoms with Gasteiger partial charge >= 0.3 is 8.56 Å². The Bertz CT molecular complexity index is 316. The second kappa shape index (κ2) is 8.22. The Morgan fingerprint density at radius 3 is 1.71 bits per heavy atom. The molecule has 0 radical (unpaired) electrons. The fourth-order valence-corrected chi connectivity index (χ4v) is 14.9. The zero-order valence-electron chi connectivity index (χ0n) is 15.6. The van der Waals surface area contributed by atoms with Crippen LogP contribution in [0.3, 0.4) is 0 Å². The number of hydrogen-bond donors (Lipinski definition) is 0. The van der Waals surface area contributed by atoms with Crippen molar-refractivity contribution in [2.75, 3.05) is 6.61 Å². The van der Waals surface area contributed by atoms with Gasteiger partial charge in [0, 0.05) is 0 Å². The monoisotopic (exact) mass is 348 g/mol. The minimum atomic E-state index is -2.12. The van der Waals surface area contributed by atoms with Crippen LogP contribution >= 0.6 is 0 Å². The van der Waals surface area contributed by atoms with Crippen LogP contribution < -0.4 is 0 Å². The molecule has 21 heavy (non-hydrogen) atoms. The summed E-state index contributed by atoms with van der Waals surface area (Å²) in [5.41, 5.74) is 1.07. The third-order valence-corrected chi connectivity index (χ3v) is 12.2. The van der Waals surface area contributed by atoms with E-state index >= 15 is 0 Å². The molecule has 0 aliphatic carbocycles. The molecule has 1 atom stereocenters. The molecule has 0 aromatic carbocycles. The van der Waals surface area contributed by atoms with Crippen molar-refractivity contribution in [3.05, 3.63) is 12.2 Å².